The standard InChI is InChI=1S/C14H26N2O4S/c1-11(2)8-16-4-5-20-13(9-16)7-15-14(17)12-3-6-21(18,19)10-12/h11-13H,3-10H2,1-2H3,(H,15,17). The van der Waals surface area contributed by atoms with Crippen molar-refractivity contribution in [2.45, 2.75) is 26.4 Å². The molecule has 2 aliphatic rings. The summed E-state index contributed by atoms with van der Waals surface area (Å²) in [5.41, 5.74) is 0. The molecule has 2 rings (SSSR count). The second-order valence-corrected chi connectivity index (χ2v) is 8.72. The molecule has 2 atom stereocenters. The average Bonchev–Trinajstić information content (AvgIpc) is 2.76. The monoisotopic (exact) mass is 318 g/mol. The van der Waals surface area contributed by atoms with E-state index in [0.29, 0.717) is 25.5 Å². The lowest BCUT2D eigenvalue weighted by molar-refractivity contribution is -0.125. The van der Waals surface area contributed by atoms with E-state index in [1.54, 1.807) is 0 Å². The van der Waals surface area contributed by atoms with Gasteiger partial charge in [-0.2, -0.15) is 0 Å². The molecule has 1 N–H and O–H groups in total. The van der Waals surface area contributed by atoms with Gasteiger partial charge in [-0.3, -0.25) is 9.69 Å². The van der Waals surface area contributed by atoms with E-state index in [0.717, 1.165) is 19.6 Å². The van der Waals surface area contributed by atoms with E-state index in [9.17, 15) is 13.2 Å². The molecule has 0 bridgehead atoms. The number of hydrogen-bond acceptors (Lipinski definition) is 5. The fourth-order valence-electron chi connectivity index (χ4n) is 2.95. The lowest BCUT2D eigenvalue weighted by Crippen LogP contribution is -2.49. The van der Waals surface area contributed by atoms with Crippen LogP contribution in [0.3, 0.4) is 0 Å². The van der Waals surface area contributed by atoms with Crippen LogP contribution in [0.1, 0.15) is 20.3 Å². The summed E-state index contributed by atoms with van der Waals surface area (Å²) in [6.45, 7) is 8.31. The molecule has 6 nitrogen and oxygen atoms in total. The molecule has 21 heavy (non-hydrogen) atoms. The molecule has 0 aromatic carbocycles. The van der Waals surface area contributed by atoms with Crippen LogP contribution in [0.2, 0.25) is 0 Å². The van der Waals surface area contributed by atoms with Gasteiger partial charge in [0.25, 0.3) is 0 Å². The largest absolute Gasteiger partial charge is 0.374 e. The number of rotatable bonds is 5. The Balaban J connectivity index is 1.74. The SMILES string of the molecule is CC(C)CN1CCOC(CNC(=O)C2CCS(=O)(=O)C2)C1. The summed E-state index contributed by atoms with van der Waals surface area (Å²) in [5, 5.41) is 2.85. The Kier molecular flexibility index (Phi) is 5.62. The molecule has 0 aliphatic carbocycles. The smallest absolute Gasteiger partial charge is 0.224 e. The molecular formula is C14H26N2O4S. The molecular weight excluding hydrogens is 292 g/mol. The van der Waals surface area contributed by atoms with Gasteiger partial charge in [-0.05, 0) is 12.3 Å². The van der Waals surface area contributed by atoms with Crippen molar-refractivity contribution in [3.05, 3.63) is 0 Å². The number of sulfone groups is 1. The highest BCUT2D eigenvalue weighted by molar-refractivity contribution is 7.91. The third-order valence-electron chi connectivity index (χ3n) is 3.95. The molecule has 0 aromatic rings. The van der Waals surface area contributed by atoms with Crippen LogP contribution >= 0.6 is 0 Å². The molecule has 0 spiro atoms. The lowest BCUT2D eigenvalue weighted by atomic mass is 10.1. The summed E-state index contributed by atoms with van der Waals surface area (Å²) in [5.74, 6) is 0.199. The second kappa shape index (κ2) is 7.07. The van der Waals surface area contributed by atoms with E-state index < -0.39 is 9.84 Å². The Hall–Kier alpha value is -0.660. The summed E-state index contributed by atoms with van der Waals surface area (Å²) in [6, 6.07) is 0. The van der Waals surface area contributed by atoms with Crippen molar-refractivity contribution >= 4 is 15.7 Å². The van der Waals surface area contributed by atoms with Crippen molar-refractivity contribution in [3.8, 4) is 0 Å². The lowest BCUT2D eigenvalue weighted by Gasteiger charge is -2.34. The van der Waals surface area contributed by atoms with E-state index in [2.05, 4.69) is 24.1 Å². The number of carbonyl (C=O) groups is 1. The Labute approximate surface area is 127 Å². The minimum Gasteiger partial charge on any atom is -0.374 e. The van der Waals surface area contributed by atoms with Crippen LogP contribution in [0.15, 0.2) is 0 Å². The van der Waals surface area contributed by atoms with Crippen molar-refractivity contribution in [3.63, 3.8) is 0 Å². The van der Waals surface area contributed by atoms with Crippen LogP contribution in [0, 0.1) is 11.8 Å². The van der Waals surface area contributed by atoms with Gasteiger partial charge in [0, 0.05) is 26.2 Å². The van der Waals surface area contributed by atoms with Gasteiger partial charge in [-0.1, -0.05) is 13.8 Å². The van der Waals surface area contributed by atoms with Crippen LogP contribution in [0.5, 0.6) is 0 Å². The number of amides is 1. The fourth-order valence-corrected chi connectivity index (χ4v) is 4.69. The van der Waals surface area contributed by atoms with E-state index in [1.807, 2.05) is 0 Å². The number of morpholine rings is 1. The van der Waals surface area contributed by atoms with E-state index >= 15 is 0 Å². The Morgan fingerprint density at radius 2 is 2.19 bits per heavy atom. The van der Waals surface area contributed by atoms with E-state index in [4.69, 9.17) is 4.74 Å². The van der Waals surface area contributed by atoms with E-state index in [1.165, 1.54) is 0 Å². The molecule has 2 unspecified atom stereocenters. The third kappa shape index (κ3) is 5.23. The molecule has 2 heterocycles. The first-order valence-electron chi connectivity index (χ1n) is 7.68. The minimum atomic E-state index is -3.01. The number of nitrogens with zero attached hydrogens (tertiary/aromatic N) is 1. The topological polar surface area (TPSA) is 75.7 Å². The summed E-state index contributed by atoms with van der Waals surface area (Å²) < 4.78 is 28.4. The highest BCUT2D eigenvalue weighted by Gasteiger charge is 2.33. The molecule has 2 fully saturated rings. The van der Waals surface area contributed by atoms with Gasteiger partial charge in [0.15, 0.2) is 9.84 Å². The molecule has 0 aromatic heterocycles. The van der Waals surface area contributed by atoms with Crippen molar-refractivity contribution in [2.24, 2.45) is 11.8 Å². The second-order valence-electron chi connectivity index (χ2n) is 6.49. The molecule has 1 amide bonds. The number of carbonyl (C=O) groups excluding carboxylic acids is 1. The predicted octanol–water partition coefficient (Wildman–Crippen LogP) is -0.106. The zero-order valence-electron chi connectivity index (χ0n) is 12.9. The Bertz CT molecular complexity index is 464. The number of ether oxygens (including phenoxy) is 1. The molecule has 0 saturated carbocycles. The Morgan fingerprint density at radius 3 is 2.81 bits per heavy atom. The normalized spacial score (nSPS) is 29.7. The predicted molar refractivity (Wildman–Crippen MR) is 80.8 cm³/mol. The van der Waals surface area contributed by atoms with Crippen molar-refractivity contribution in [2.75, 3.05) is 44.3 Å². The fraction of sp³-hybridized carbons (Fsp3) is 0.929. The van der Waals surface area contributed by atoms with Crippen LogP contribution in [0.4, 0.5) is 0 Å². The number of nitrogens with one attached hydrogen (secondary N) is 1. The minimum absolute atomic E-state index is 0.000500. The van der Waals surface area contributed by atoms with Gasteiger partial charge in [0.05, 0.1) is 30.1 Å². The van der Waals surface area contributed by atoms with Gasteiger partial charge in [-0.25, -0.2) is 8.42 Å². The summed E-state index contributed by atoms with van der Waals surface area (Å²) in [6.07, 6.45) is 0.443. The molecule has 2 aliphatic heterocycles. The summed E-state index contributed by atoms with van der Waals surface area (Å²) >= 11 is 0. The molecule has 2 saturated heterocycles. The first kappa shape index (κ1) is 16.7. The number of hydrogen-bond donors (Lipinski definition) is 1. The van der Waals surface area contributed by atoms with Crippen LogP contribution in [0.25, 0.3) is 0 Å². The maximum absolute atomic E-state index is 12.0. The quantitative estimate of drug-likeness (QED) is 0.766. The maximum Gasteiger partial charge on any atom is 0.224 e. The van der Waals surface area contributed by atoms with Crippen LogP contribution < -0.4 is 5.32 Å². The summed E-state index contributed by atoms with van der Waals surface area (Å²) in [4.78, 5) is 14.3. The zero-order valence-corrected chi connectivity index (χ0v) is 13.7. The maximum atomic E-state index is 12.0. The van der Waals surface area contributed by atoms with Crippen molar-refractivity contribution < 1.29 is 17.9 Å². The van der Waals surface area contributed by atoms with Gasteiger partial charge >= 0.3 is 0 Å². The first-order chi connectivity index (χ1) is 9.85. The highest BCUT2D eigenvalue weighted by atomic mass is 32.2. The van der Waals surface area contributed by atoms with Crippen LogP contribution in [-0.4, -0.2) is 69.6 Å². The molecule has 122 valence electrons. The van der Waals surface area contributed by atoms with Gasteiger partial charge in [0.2, 0.25) is 5.91 Å². The van der Waals surface area contributed by atoms with E-state index in [-0.39, 0.29) is 29.4 Å². The molecule has 7 heteroatoms. The average molecular weight is 318 g/mol. The third-order valence-corrected chi connectivity index (χ3v) is 5.72. The van der Waals surface area contributed by atoms with Crippen molar-refractivity contribution in [1.29, 1.82) is 0 Å². The molecule has 0 radical (unpaired) electrons. The van der Waals surface area contributed by atoms with Gasteiger partial charge in [0.1, 0.15) is 0 Å². The Morgan fingerprint density at radius 1 is 1.43 bits per heavy atom. The van der Waals surface area contributed by atoms with Crippen molar-refractivity contribution in [1.82, 2.24) is 10.2 Å². The van der Waals surface area contributed by atoms with Gasteiger partial charge < -0.3 is 10.1 Å². The van der Waals surface area contributed by atoms with Crippen LogP contribution in [-0.2, 0) is 19.4 Å². The first-order valence-corrected chi connectivity index (χ1v) is 9.50. The zero-order chi connectivity index (χ0) is 15.5. The summed E-state index contributed by atoms with van der Waals surface area (Å²) in [7, 11) is -3.01. The highest BCUT2D eigenvalue weighted by Crippen LogP contribution is 2.18. The van der Waals surface area contributed by atoms with Gasteiger partial charge in [-0.15, -0.1) is 0 Å².